The number of pyridine rings is 1. The van der Waals surface area contributed by atoms with Crippen LogP contribution in [0.1, 0.15) is 60.0 Å². The van der Waals surface area contributed by atoms with Crippen LogP contribution in [0.5, 0.6) is 0 Å². The molecule has 2 unspecified atom stereocenters. The average molecular weight is 551 g/mol. The highest BCUT2D eigenvalue weighted by Crippen LogP contribution is 2.37. The van der Waals surface area contributed by atoms with Gasteiger partial charge in [-0.3, -0.25) is 4.79 Å². The number of rotatable bonds is 5. The summed E-state index contributed by atoms with van der Waals surface area (Å²) in [5.41, 5.74) is -1.85. The number of para-hydroxylation sites is 1. The van der Waals surface area contributed by atoms with Crippen molar-refractivity contribution in [3.63, 3.8) is 0 Å². The maximum atomic E-state index is 13.3. The van der Waals surface area contributed by atoms with Gasteiger partial charge in [0.2, 0.25) is 0 Å². The van der Waals surface area contributed by atoms with Crippen molar-refractivity contribution in [2.24, 2.45) is 0 Å². The van der Waals surface area contributed by atoms with Crippen LogP contribution >= 0.6 is 0 Å². The van der Waals surface area contributed by atoms with E-state index in [1.807, 2.05) is 30.3 Å². The van der Waals surface area contributed by atoms with Crippen molar-refractivity contribution in [3.05, 3.63) is 65.2 Å². The summed E-state index contributed by atoms with van der Waals surface area (Å²) in [5.74, 6) is -0.366. The molecule has 0 bridgehead atoms. The molecular formula is C28H28F6N4O. The van der Waals surface area contributed by atoms with Crippen LogP contribution in [0.2, 0.25) is 0 Å². The molecule has 1 aliphatic carbocycles. The summed E-state index contributed by atoms with van der Waals surface area (Å²) in [6.07, 6.45) is -5.04. The summed E-state index contributed by atoms with van der Waals surface area (Å²) in [7, 11) is 0. The lowest BCUT2D eigenvalue weighted by Gasteiger charge is -2.33. The molecule has 0 radical (unpaired) electrons. The summed E-state index contributed by atoms with van der Waals surface area (Å²) in [6, 6.07) is 9.93. The first-order valence-electron chi connectivity index (χ1n) is 13.0. The van der Waals surface area contributed by atoms with Gasteiger partial charge in [0.25, 0.3) is 5.91 Å². The molecule has 2 heterocycles. The van der Waals surface area contributed by atoms with Crippen LogP contribution in [-0.2, 0) is 12.4 Å². The number of carbonyl (C=O) groups excluding carboxylic acids is 1. The average Bonchev–Trinajstić information content (AvgIpc) is 3.43. The van der Waals surface area contributed by atoms with Gasteiger partial charge in [0.05, 0.1) is 16.6 Å². The van der Waals surface area contributed by atoms with Gasteiger partial charge in [0.1, 0.15) is 5.82 Å². The van der Waals surface area contributed by atoms with E-state index < -0.39 is 41.0 Å². The van der Waals surface area contributed by atoms with Crippen LogP contribution in [0.3, 0.4) is 0 Å². The number of aromatic nitrogens is 1. The summed E-state index contributed by atoms with van der Waals surface area (Å²) in [4.78, 5) is 20.0. The van der Waals surface area contributed by atoms with E-state index >= 15 is 0 Å². The van der Waals surface area contributed by atoms with Crippen molar-refractivity contribution in [1.82, 2.24) is 10.3 Å². The van der Waals surface area contributed by atoms with E-state index in [4.69, 9.17) is 4.98 Å². The summed E-state index contributed by atoms with van der Waals surface area (Å²) in [5, 5.41) is 7.13. The summed E-state index contributed by atoms with van der Waals surface area (Å²) < 4.78 is 79.8. The molecule has 1 saturated heterocycles. The molecule has 0 spiro atoms. The van der Waals surface area contributed by atoms with Gasteiger partial charge in [-0.2, -0.15) is 26.3 Å². The summed E-state index contributed by atoms with van der Waals surface area (Å²) in [6.45, 7) is 1.87. The monoisotopic (exact) mass is 550 g/mol. The maximum Gasteiger partial charge on any atom is 0.416 e. The fourth-order valence-corrected chi connectivity index (χ4v) is 5.45. The van der Waals surface area contributed by atoms with Crippen molar-refractivity contribution < 1.29 is 31.1 Å². The minimum Gasteiger partial charge on any atom is -0.371 e. The Bertz CT molecular complexity index is 1320. The van der Waals surface area contributed by atoms with Gasteiger partial charge in [-0.15, -0.1) is 0 Å². The first kappa shape index (κ1) is 27.1. The highest BCUT2D eigenvalue weighted by Gasteiger charge is 2.38. The number of fused-ring (bicyclic) bond motifs is 1. The molecule has 5 nitrogen and oxygen atoms in total. The molecule has 3 aromatic rings. The van der Waals surface area contributed by atoms with Crippen molar-refractivity contribution in [2.75, 3.05) is 23.3 Å². The van der Waals surface area contributed by atoms with Crippen LogP contribution in [0.4, 0.5) is 37.8 Å². The van der Waals surface area contributed by atoms with E-state index in [0.717, 1.165) is 55.4 Å². The lowest BCUT2D eigenvalue weighted by Crippen LogP contribution is -2.48. The summed E-state index contributed by atoms with van der Waals surface area (Å²) >= 11 is 0. The predicted octanol–water partition coefficient (Wildman–Crippen LogP) is 7.03. The highest BCUT2D eigenvalue weighted by atomic mass is 19.4. The molecule has 5 rings (SSSR count). The van der Waals surface area contributed by atoms with E-state index in [1.165, 1.54) is 0 Å². The van der Waals surface area contributed by atoms with Crippen molar-refractivity contribution >= 4 is 28.3 Å². The molecule has 39 heavy (non-hydrogen) atoms. The normalized spacial score (nSPS) is 20.3. The van der Waals surface area contributed by atoms with Crippen molar-refractivity contribution in [1.29, 1.82) is 0 Å². The van der Waals surface area contributed by atoms with Gasteiger partial charge >= 0.3 is 12.4 Å². The maximum absolute atomic E-state index is 13.3. The van der Waals surface area contributed by atoms with Crippen LogP contribution in [0.25, 0.3) is 10.9 Å². The second-order valence-electron chi connectivity index (χ2n) is 10.1. The molecule has 2 N–H and O–H groups in total. The minimum atomic E-state index is -5.03. The number of hydrogen-bond donors (Lipinski definition) is 2. The van der Waals surface area contributed by atoms with Crippen molar-refractivity contribution in [3.8, 4) is 0 Å². The number of nitrogens with zero attached hydrogens (tertiary/aromatic N) is 2. The number of benzene rings is 2. The van der Waals surface area contributed by atoms with Gasteiger partial charge in [-0.05, 0) is 49.9 Å². The van der Waals surface area contributed by atoms with Gasteiger partial charge in [-0.25, -0.2) is 4.98 Å². The Morgan fingerprint density at radius 3 is 2.08 bits per heavy atom. The Labute approximate surface area is 221 Å². The standard InChI is InChI=1S/C28H28F6N4O/c29-27(30,31)18-13-17(14-19(15-18)28(32,33)34)26(39)37-23-10-4-3-9-22(23)36-25-16-24(38-11-5-6-12-38)20-7-1-2-8-21(20)35-25/h1-2,7-8,13-16,22-23H,3-6,9-12H2,(H,35,36)(H,37,39). The van der Waals surface area contributed by atoms with Gasteiger partial charge in [-0.1, -0.05) is 31.0 Å². The fourth-order valence-electron chi connectivity index (χ4n) is 5.45. The first-order chi connectivity index (χ1) is 18.5. The SMILES string of the molecule is O=C(NC1CCCCC1Nc1cc(N2CCCC2)c2ccccc2n1)c1cc(C(F)(F)F)cc(C(F)(F)F)c1. The number of halogens is 6. The zero-order valence-corrected chi connectivity index (χ0v) is 21.0. The van der Waals surface area contributed by atoms with Gasteiger partial charge < -0.3 is 15.5 Å². The largest absolute Gasteiger partial charge is 0.416 e. The van der Waals surface area contributed by atoms with E-state index in [2.05, 4.69) is 15.5 Å². The molecule has 1 aromatic heterocycles. The second kappa shape index (κ2) is 10.6. The third-order valence-electron chi connectivity index (χ3n) is 7.41. The number of nitrogens with one attached hydrogen (secondary N) is 2. The van der Waals surface area contributed by atoms with Crippen LogP contribution in [0.15, 0.2) is 48.5 Å². The molecule has 2 aromatic carbocycles. The predicted molar refractivity (Wildman–Crippen MR) is 137 cm³/mol. The molecule has 2 atom stereocenters. The molecule has 11 heteroatoms. The Balaban J connectivity index is 1.40. The second-order valence-corrected chi connectivity index (χ2v) is 10.1. The van der Waals surface area contributed by atoms with Gasteiger partial charge in [0, 0.05) is 47.9 Å². The zero-order valence-electron chi connectivity index (χ0n) is 21.0. The molecule has 208 valence electrons. The van der Waals surface area contributed by atoms with E-state index in [-0.39, 0.29) is 12.1 Å². The number of carbonyl (C=O) groups is 1. The molecule has 1 aliphatic heterocycles. The van der Waals surface area contributed by atoms with Crippen LogP contribution < -0.4 is 15.5 Å². The van der Waals surface area contributed by atoms with E-state index in [9.17, 15) is 31.1 Å². The molecule has 1 amide bonds. The topological polar surface area (TPSA) is 57.3 Å². The lowest BCUT2D eigenvalue weighted by molar-refractivity contribution is -0.143. The smallest absolute Gasteiger partial charge is 0.371 e. The first-order valence-corrected chi connectivity index (χ1v) is 13.0. The molecule has 1 saturated carbocycles. The number of alkyl halides is 6. The Morgan fingerprint density at radius 1 is 0.821 bits per heavy atom. The van der Waals surface area contributed by atoms with Gasteiger partial charge in [0.15, 0.2) is 0 Å². The number of hydrogen-bond acceptors (Lipinski definition) is 4. The Hall–Kier alpha value is -3.50. The number of amides is 1. The Morgan fingerprint density at radius 2 is 1.44 bits per heavy atom. The number of anilines is 2. The zero-order chi connectivity index (χ0) is 27.8. The van der Waals surface area contributed by atoms with E-state index in [0.29, 0.717) is 30.8 Å². The molecule has 2 aliphatic rings. The quantitative estimate of drug-likeness (QED) is 0.335. The third kappa shape index (κ3) is 6.07. The molecule has 2 fully saturated rings. The third-order valence-corrected chi connectivity index (χ3v) is 7.41. The van der Waals surface area contributed by atoms with Crippen molar-refractivity contribution in [2.45, 2.75) is 63.0 Å². The lowest BCUT2D eigenvalue weighted by atomic mass is 9.90. The molecular weight excluding hydrogens is 522 g/mol. The highest BCUT2D eigenvalue weighted by molar-refractivity contribution is 5.95. The van der Waals surface area contributed by atoms with Crippen LogP contribution in [0, 0.1) is 0 Å². The minimum absolute atomic E-state index is 0.0189. The van der Waals surface area contributed by atoms with Crippen LogP contribution in [-0.4, -0.2) is 36.1 Å². The Kier molecular flexibility index (Phi) is 7.35. The van der Waals surface area contributed by atoms with E-state index in [1.54, 1.807) is 0 Å². The fraction of sp³-hybridized carbons (Fsp3) is 0.429.